The average Bonchev–Trinajstić information content (AvgIpc) is 3.40. The Bertz CT molecular complexity index is 2570. The maximum absolute atomic E-state index is 15.1. The fourth-order valence-corrected chi connectivity index (χ4v) is 9.44. The molecule has 0 aromatic heterocycles. The lowest BCUT2D eigenvalue weighted by atomic mass is 9.51. The quantitative estimate of drug-likeness (QED) is 0.0463. The third-order valence-corrected chi connectivity index (χ3v) is 13.4. The molecule has 1 saturated carbocycles. The fraction of sp³-hybridized carbons (Fsp3) is 0.344. The van der Waals surface area contributed by atoms with Crippen molar-refractivity contribution in [2.45, 2.75) is 103 Å². The Morgan fingerprint density at radius 1 is 0.417 bits per heavy atom. The molecule has 0 heterocycles. The number of carbonyl (C=O) groups is 2. The topological polar surface area (TPSA) is 95.1 Å². The number of hydrogen-bond donors (Lipinski definition) is 2. The predicted octanol–water partition coefficient (Wildman–Crippen LogP) is 14.4. The fourth-order valence-electron chi connectivity index (χ4n) is 9.44. The molecule has 7 rings (SSSR count). The summed E-state index contributed by atoms with van der Waals surface area (Å²) in [5.41, 5.74) is 6.31. The van der Waals surface area contributed by atoms with Gasteiger partial charge in [0.05, 0.1) is 39.3 Å². The van der Waals surface area contributed by atoms with Crippen molar-refractivity contribution in [1.29, 1.82) is 0 Å². The zero-order valence-electron chi connectivity index (χ0n) is 42.5. The lowest BCUT2D eigenvalue weighted by Gasteiger charge is -2.50. The van der Waals surface area contributed by atoms with Gasteiger partial charge in [0.15, 0.2) is 23.0 Å². The van der Waals surface area contributed by atoms with Gasteiger partial charge in [0.1, 0.15) is 0 Å². The van der Waals surface area contributed by atoms with Gasteiger partial charge in [-0.15, -0.1) is 0 Å². The minimum atomic E-state index is -0.687. The molecule has 1 fully saturated rings. The van der Waals surface area contributed by atoms with Gasteiger partial charge in [0, 0.05) is 45.5 Å². The number of rotatable bonds is 24. The van der Waals surface area contributed by atoms with Crippen molar-refractivity contribution in [3.8, 4) is 46.7 Å². The smallest absolute Gasteiger partial charge is 0.228 e. The first-order chi connectivity index (χ1) is 35.4. The first kappa shape index (κ1) is 52.4. The summed E-state index contributed by atoms with van der Waals surface area (Å²) in [6.45, 7) is 5.58. The summed E-state index contributed by atoms with van der Waals surface area (Å²) in [5, 5.41) is 6.45. The lowest BCUT2D eigenvalue weighted by Crippen LogP contribution is -2.53. The number of carbonyl (C=O) groups excluding carboxylic acids is 2. The molecular weight excluding hydrogens is 893 g/mol. The highest BCUT2D eigenvalue weighted by molar-refractivity contribution is 6.01. The molecule has 0 unspecified atom stereocenters. The Balaban J connectivity index is 1.21. The van der Waals surface area contributed by atoms with E-state index in [1.54, 1.807) is 14.2 Å². The standard InChI is InChI=1S/C64H70N2O6/c1-5-7-9-11-13-21-43-71-55-41-35-51(45-57(55)69-3)59-61(63(67)65-53-37-31-49(32-38-53)29-27-47-23-17-15-18-24-47)60(52-36-42-56(58(46-52)70-4)72-44-22-14-12-10-8-6-2)62(59)64(68)66-54-39-33-50(34-40-54)30-28-48-25-19-16-20-26-48/h15-20,23-26,31-42,45-46,59-62H,5-14,21-22,43-44H2,1-4H3,(H,65,67)(H,66,68). The summed E-state index contributed by atoms with van der Waals surface area (Å²) >= 11 is 0. The van der Waals surface area contributed by atoms with E-state index >= 15 is 9.59 Å². The third-order valence-electron chi connectivity index (χ3n) is 13.4. The Kier molecular flexibility index (Phi) is 20.3. The van der Waals surface area contributed by atoms with Crippen LogP contribution in [0.2, 0.25) is 0 Å². The van der Waals surface area contributed by atoms with Gasteiger partial charge in [0.25, 0.3) is 0 Å². The molecule has 8 nitrogen and oxygen atoms in total. The Morgan fingerprint density at radius 2 is 0.764 bits per heavy atom. The van der Waals surface area contributed by atoms with E-state index in [0.717, 1.165) is 59.1 Å². The van der Waals surface area contributed by atoms with Crippen LogP contribution in [0.4, 0.5) is 11.4 Å². The molecule has 8 heteroatoms. The highest BCUT2D eigenvalue weighted by Gasteiger charge is 2.58. The van der Waals surface area contributed by atoms with Crippen LogP contribution in [0.3, 0.4) is 0 Å². The van der Waals surface area contributed by atoms with E-state index < -0.39 is 23.7 Å². The van der Waals surface area contributed by atoms with Crippen LogP contribution in [0.1, 0.15) is 136 Å². The van der Waals surface area contributed by atoms with Gasteiger partial charge in [-0.1, -0.05) is 150 Å². The average molecular weight is 963 g/mol. The van der Waals surface area contributed by atoms with E-state index in [1.807, 2.05) is 146 Å². The van der Waals surface area contributed by atoms with Crippen molar-refractivity contribution in [3.05, 3.63) is 179 Å². The van der Waals surface area contributed by atoms with Crippen molar-refractivity contribution < 1.29 is 28.5 Å². The number of anilines is 2. The van der Waals surface area contributed by atoms with Gasteiger partial charge >= 0.3 is 0 Å². The van der Waals surface area contributed by atoms with E-state index in [2.05, 4.69) is 48.2 Å². The summed E-state index contributed by atoms with van der Waals surface area (Å²) in [6, 6.07) is 46.4. The van der Waals surface area contributed by atoms with Gasteiger partial charge in [-0.05, 0) is 121 Å². The minimum Gasteiger partial charge on any atom is -0.493 e. The van der Waals surface area contributed by atoms with Crippen LogP contribution in [-0.4, -0.2) is 39.2 Å². The highest BCUT2D eigenvalue weighted by atomic mass is 16.5. The van der Waals surface area contributed by atoms with Crippen LogP contribution >= 0.6 is 0 Å². The molecule has 2 amide bonds. The van der Waals surface area contributed by atoms with Crippen LogP contribution in [0.25, 0.3) is 0 Å². The minimum absolute atomic E-state index is 0.219. The molecule has 0 radical (unpaired) electrons. The second kappa shape index (κ2) is 27.8. The molecule has 0 atom stereocenters. The Morgan fingerprint density at radius 3 is 1.12 bits per heavy atom. The number of methoxy groups -OCH3 is 2. The van der Waals surface area contributed by atoms with Crippen LogP contribution in [-0.2, 0) is 9.59 Å². The van der Waals surface area contributed by atoms with Crippen LogP contribution < -0.4 is 29.6 Å². The summed E-state index contributed by atoms with van der Waals surface area (Å²) in [7, 11) is 3.25. The van der Waals surface area contributed by atoms with E-state index in [1.165, 1.54) is 51.4 Å². The van der Waals surface area contributed by atoms with E-state index in [-0.39, 0.29) is 11.8 Å². The third kappa shape index (κ3) is 14.8. The summed E-state index contributed by atoms with van der Waals surface area (Å²) < 4.78 is 24.5. The molecule has 72 heavy (non-hydrogen) atoms. The van der Waals surface area contributed by atoms with Crippen molar-refractivity contribution in [3.63, 3.8) is 0 Å². The van der Waals surface area contributed by atoms with E-state index in [4.69, 9.17) is 18.9 Å². The molecule has 0 aliphatic heterocycles. The summed E-state index contributed by atoms with van der Waals surface area (Å²) in [4.78, 5) is 30.1. The van der Waals surface area contributed by atoms with Gasteiger partial charge < -0.3 is 29.6 Å². The SMILES string of the molecule is CCCCCCCCOc1ccc(C2C(C(=O)Nc3ccc(C#Cc4ccccc4)cc3)C(c3ccc(OCCCCCCCC)c(OC)c3)C2C(=O)Nc2ccc(C#Cc3ccccc3)cc2)cc1OC. The Labute approximate surface area is 428 Å². The number of hydrogen-bond acceptors (Lipinski definition) is 6. The second-order valence-corrected chi connectivity index (χ2v) is 18.5. The molecular formula is C64H70N2O6. The molecule has 1 aliphatic rings. The number of ether oxygens (including phenoxy) is 4. The summed E-state index contributed by atoms with van der Waals surface area (Å²) in [6.07, 6.45) is 13.8. The zero-order valence-corrected chi connectivity index (χ0v) is 42.5. The van der Waals surface area contributed by atoms with Crippen molar-refractivity contribution in [1.82, 2.24) is 0 Å². The number of nitrogens with one attached hydrogen (secondary N) is 2. The van der Waals surface area contributed by atoms with Crippen molar-refractivity contribution >= 4 is 23.2 Å². The number of benzene rings is 6. The van der Waals surface area contributed by atoms with E-state index in [9.17, 15) is 0 Å². The Hall–Kier alpha value is -7.42. The monoisotopic (exact) mass is 963 g/mol. The molecule has 0 spiro atoms. The second-order valence-electron chi connectivity index (χ2n) is 18.5. The van der Waals surface area contributed by atoms with E-state index in [0.29, 0.717) is 47.6 Å². The molecule has 1 aliphatic carbocycles. The number of unbranched alkanes of at least 4 members (excludes halogenated alkanes) is 10. The predicted molar refractivity (Wildman–Crippen MR) is 291 cm³/mol. The lowest BCUT2D eigenvalue weighted by molar-refractivity contribution is -0.134. The molecule has 2 N–H and O–H groups in total. The largest absolute Gasteiger partial charge is 0.493 e. The molecule has 372 valence electrons. The maximum atomic E-state index is 15.1. The molecule has 0 bridgehead atoms. The molecule has 6 aromatic carbocycles. The molecule has 6 aromatic rings. The van der Waals surface area contributed by atoms with Crippen LogP contribution in [0.5, 0.6) is 23.0 Å². The van der Waals surface area contributed by atoms with Gasteiger partial charge in [0.2, 0.25) is 11.8 Å². The van der Waals surface area contributed by atoms with Crippen LogP contribution in [0.15, 0.2) is 146 Å². The molecule has 0 saturated heterocycles. The van der Waals surface area contributed by atoms with Gasteiger partial charge in [-0.3, -0.25) is 9.59 Å². The van der Waals surface area contributed by atoms with Crippen molar-refractivity contribution in [2.75, 3.05) is 38.1 Å². The first-order valence-corrected chi connectivity index (χ1v) is 26.0. The summed E-state index contributed by atoms with van der Waals surface area (Å²) in [5.74, 6) is 12.3. The maximum Gasteiger partial charge on any atom is 0.228 e. The van der Waals surface area contributed by atoms with Crippen LogP contribution in [0, 0.1) is 35.5 Å². The van der Waals surface area contributed by atoms with Gasteiger partial charge in [-0.25, -0.2) is 0 Å². The first-order valence-electron chi connectivity index (χ1n) is 26.0. The van der Waals surface area contributed by atoms with Crippen molar-refractivity contribution in [2.24, 2.45) is 11.8 Å². The normalized spacial score (nSPS) is 15.6. The highest BCUT2D eigenvalue weighted by Crippen LogP contribution is 2.59. The number of amides is 2. The van der Waals surface area contributed by atoms with Gasteiger partial charge in [-0.2, -0.15) is 0 Å². The zero-order chi connectivity index (χ0) is 50.3.